The van der Waals surface area contributed by atoms with Crippen LogP contribution in [0.1, 0.15) is 38.2 Å². The van der Waals surface area contributed by atoms with Crippen LogP contribution in [0.15, 0.2) is 24.3 Å². The van der Waals surface area contributed by atoms with Gasteiger partial charge in [0.2, 0.25) is 10.0 Å². The van der Waals surface area contributed by atoms with Gasteiger partial charge in [-0.15, -0.1) is 0 Å². The van der Waals surface area contributed by atoms with E-state index < -0.39 is 10.0 Å². The van der Waals surface area contributed by atoms with E-state index in [-0.39, 0.29) is 12.1 Å². The zero-order valence-corrected chi connectivity index (χ0v) is 14.7. The van der Waals surface area contributed by atoms with E-state index in [1.165, 1.54) is 10.6 Å². The van der Waals surface area contributed by atoms with Gasteiger partial charge in [0.05, 0.1) is 6.26 Å². The molecule has 0 spiro atoms. The Kier molecular flexibility index (Phi) is 5.64. The van der Waals surface area contributed by atoms with Gasteiger partial charge >= 0.3 is 6.03 Å². The smallest absolute Gasteiger partial charge is 0.319 e. The highest BCUT2D eigenvalue weighted by molar-refractivity contribution is 7.88. The molecule has 2 N–H and O–H groups in total. The predicted octanol–water partition coefficient (Wildman–Crippen LogP) is 2.36. The summed E-state index contributed by atoms with van der Waals surface area (Å²) in [5.41, 5.74) is 1.86. The molecular weight excluding hydrogens is 314 g/mol. The van der Waals surface area contributed by atoms with Crippen LogP contribution in [0.25, 0.3) is 0 Å². The number of urea groups is 1. The molecular formula is C16H25N3O3S. The summed E-state index contributed by atoms with van der Waals surface area (Å²) >= 11 is 0. The van der Waals surface area contributed by atoms with Crippen molar-refractivity contribution in [2.24, 2.45) is 0 Å². The summed E-state index contributed by atoms with van der Waals surface area (Å²) in [5.74, 6) is 0.307. The third kappa shape index (κ3) is 4.94. The molecule has 1 aromatic carbocycles. The zero-order chi connectivity index (χ0) is 17.0. The number of piperidine rings is 1. The van der Waals surface area contributed by atoms with Crippen molar-refractivity contribution in [3.63, 3.8) is 0 Å². The number of rotatable bonds is 4. The van der Waals surface area contributed by atoms with Crippen molar-refractivity contribution in [3.8, 4) is 0 Å². The van der Waals surface area contributed by atoms with E-state index in [0.29, 0.717) is 19.0 Å². The molecule has 7 heteroatoms. The van der Waals surface area contributed by atoms with Crippen LogP contribution in [0.4, 0.5) is 10.5 Å². The van der Waals surface area contributed by atoms with Crippen molar-refractivity contribution in [1.82, 2.24) is 9.62 Å². The molecule has 1 atom stereocenters. The van der Waals surface area contributed by atoms with Gasteiger partial charge < -0.3 is 10.6 Å². The van der Waals surface area contributed by atoms with Gasteiger partial charge in [0.1, 0.15) is 0 Å². The highest BCUT2D eigenvalue weighted by Crippen LogP contribution is 2.23. The second-order valence-electron chi connectivity index (χ2n) is 6.30. The number of amides is 2. The topological polar surface area (TPSA) is 78.5 Å². The van der Waals surface area contributed by atoms with Crippen molar-refractivity contribution < 1.29 is 13.2 Å². The summed E-state index contributed by atoms with van der Waals surface area (Å²) < 4.78 is 24.7. The van der Waals surface area contributed by atoms with Gasteiger partial charge in [0, 0.05) is 24.8 Å². The molecule has 0 bridgehead atoms. The van der Waals surface area contributed by atoms with E-state index in [2.05, 4.69) is 24.5 Å². The lowest BCUT2D eigenvalue weighted by Gasteiger charge is -2.31. The fourth-order valence-corrected chi connectivity index (χ4v) is 3.73. The number of benzene rings is 1. The Labute approximate surface area is 138 Å². The van der Waals surface area contributed by atoms with Crippen LogP contribution >= 0.6 is 0 Å². The second kappa shape index (κ2) is 7.31. The Morgan fingerprint density at radius 2 is 2.00 bits per heavy atom. The fraction of sp³-hybridized carbons (Fsp3) is 0.562. The van der Waals surface area contributed by atoms with Crippen LogP contribution in [0, 0.1) is 0 Å². The van der Waals surface area contributed by atoms with E-state index in [1.54, 1.807) is 0 Å². The molecule has 0 radical (unpaired) electrons. The van der Waals surface area contributed by atoms with Gasteiger partial charge in [0.15, 0.2) is 0 Å². The number of hydrogen-bond acceptors (Lipinski definition) is 3. The van der Waals surface area contributed by atoms with Crippen LogP contribution in [-0.2, 0) is 10.0 Å². The maximum Gasteiger partial charge on any atom is 0.319 e. The summed E-state index contributed by atoms with van der Waals surface area (Å²) in [4.78, 5) is 12.2. The monoisotopic (exact) mass is 339 g/mol. The average molecular weight is 339 g/mol. The first-order valence-electron chi connectivity index (χ1n) is 7.89. The normalized spacial score (nSPS) is 19.6. The molecule has 1 fully saturated rings. The molecule has 1 aliphatic rings. The summed E-state index contributed by atoms with van der Waals surface area (Å²) in [6.45, 7) is 5.00. The maximum atomic E-state index is 12.2. The number of carbonyl (C=O) groups is 1. The SMILES string of the molecule is CC(C)c1ccccc1NC(=O)N[C@H]1CCCN(S(C)(=O)=O)C1. The predicted molar refractivity (Wildman–Crippen MR) is 92.1 cm³/mol. The summed E-state index contributed by atoms with van der Waals surface area (Å²) in [5, 5.41) is 5.75. The lowest BCUT2D eigenvalue weighted by Crippen LogP contribution is -2.50. The average Bonchev–Trinajstić information content (AvgIpc) is 2.46. The molecule has 128 valence electrons. The first kappa shape index (κ1) is 17.7. The Balaban J connectivity index is 1.98. The zero-order valence-electron chi connectivity index (χ0n) is 13.9. The molecule has 0 aromatic heterocycles. The number of anilines is 1. The van der Waals surface area contributed by atoms with Crippen LogP contribution in [0.5, 0.6) is 0 Å². The molecule has 0 aliphatic carbocycles. The highest BCUT2D eigenvalue weighted by atomic mass is 32.2. The molecule has 2 amide bonds. The van der Waals surface area contributed by atoms with E-state index in [1.807, 2.05) is 24.3 Å². The molecule has 1 saturated heterocycles. The standard InChI is InChI=1S/C16H25N3O3S/c1-12(2)14-8-4-5-9-15(14)18-16(20)17-13-7-6-10-19(11-13)23(3,21)22/h4-5,8-9,12-13H,6-7,10-11H2,1-3H3,(H2,17,18,20)/t13-/m0/s1. The van der Waals surface area contributed by atoms with Crippen LogP contribution in [-0.4, -0.2) is 44.1 Å². The molecule has 1 heterocycles. The number of nitrogens with one attached hydrogen (secondary N) is 2. The number of sulfonamides is 1. The minimum absolute atomic E-state index is 0.162. The van der Waals surface area contributed by atoms with E-state index in [9.17, 15) is 13.2 Å². The van der Waals surface area contributed by atoms with Crippen molar-refractivity contribution in [2.45, 2.75) is 38.6 Å². The Hall–Kier alpha value is -1.60. The van der Waals surface area contributed by atoms with Gasteiger partial charge in [-0.1, -0.05) is 32.0 Å². The Bertz CT molecular complexity index is 658. The third-order valence-corrected chi connectivity index (χ3v) is 5.29. The van der Waals surface area contributed by atoms with Gasteiger partial charge in [-0.3, -0.25) is 0 Å². The quantitative estimate of drug-likeness (QED) is 0.884. The van der Waals surface area contributed by atoms with Crippen molar-refractivity contribution >= 4 is 21.7 Å². The van der Waals surface area contributed by atoms with E-state index in [4.69, 9.17) is 0 Å². The summed E-state index contributed by atoms with van der Waals surface area (Å²) in [6.07, 6.45) is 2.74. The number of para-hydroxylation sites is 1. The Morgan fingerprint density at radius 1 is 1.30 bits per heavy atom. The lowest BCUT2D eigenvalue weighted by molar-refractivity contribution is 0.236. The van der Waals surface area contributed by atoms with Crippen molar-refractivity contribution in [3.05, 3.63) is 29.8 Å². The number of hydrogen-bond donors (Lipinski definition) is 2. The molecule has 6 nitrogen and oxygen atoms in total. The van der Waals surface area contributed by atoms with Crippen LogP contribution < -0.4 is 10.6 Å². The minimum atomic E-state index is -3.21. The molecule has 2 rings (SSSR count). The van der Waals surface area contributed by atoms with Crippen LogP contribution in [0.3, 0.4) is 0 Å². The first-order valence-corrected chi connectivity index (χ1v) is 9.73. The number of nitrogens with zero attached hydrogens (tertiary/aromatic N) is 1. The van der Waals surface area contributed by atoms with Gasteiger partial charge in [-0.05, 0) is 30.4 Å². The molecule has 0 unspecified atom stereocenters. The molecule has 1 aromatic rings. The third-order valence-electron chi connectivity index (χ3n) is 4.02. The fourth-order valence-electron chi connectivity index (χ4n) is 2.82. The number of carbonyl (C=O) groups excluding carboxylic acids is 1. The largest absolute Gasteiger partial charge is 0.334 e. The molecule has 23 heavy (non-hydrogen) atoms. The van der Waals surface area contributed by atoms with Gasteiger partial charge in [-0.25, -0.2) is 17.5 Å². The van der Waals surface area contributed by atoms with Crippen molar-refractivity contribution in [1.29, 1.82) is 0 Å². The first-order chi connectivity index (χ1) is 10.8. The second-order valence-corrected chi connectivity index (χ2v) is 8.28. The van der Waals surface area contributed by atoms with E-state index in [0.717, 1.165) is 24.1 Å². The van der Waals surface area contributed by atoms with Crippen LogP contribution in [0.2, 0.25) is 0 Å². The van der Waals surface area contributed by atoms with Gasteiger partial charge in [0.25, 0.3) is 0 Å². The summed E-state index contributed by atoms with van der Waals surface area (Å²) in [7, 11) is -3.21. The van der Waals surface area contributed by atoms with Crippen molar-refractivity contribution in [2.75, 3.05) is 24.7 Å². The van der Waals surface area contributed by atoms with E-state index >= 15 is 0 Å². The Morgan fingerprint density at radius 3 is 2.65 bits per heavy atom. The lowest BCUT2D eigenvalue weighted by atomic mass is 10.0. The summed E-state index contributed by atoms with van der Waals surface area (Å²) in [6, 6.07) is 7.24. The molecule has 1 aliphatic heterocycles. The highest BCUT2D eigenvalue weighted by Gasteiger charge is 2.26. The maximum absolute atomic E-state index is 12.2. The molecule has 0 saturated carbocycles. The van der Waals surface area contributed by atoms with Gasteiger partial charge in [-0.2, -0.15) is 0 Å². The minimum Gasteiger partial charge on any atom is -0.334 e.